The Morgan fingerprint density at radius 3 is 2.84 bits per heavy atom. The summed E-state index contributed by atoms with van der Waals surface area (Å²) in [5.74, 6) is 0.413. The van der Waals surface area contributed by atoms with Crippen molar-refractivity contribution in [2.75, 3.05) is 0 Å². The van der Waals surface area contributed by atoms with Crippen LogP contribution in [0.1, 0.15) is 29.4 Å². The lowest BCUT2D eigenvalue weighted by Gasteiger charge is -2.08. The smallest absolute Gasteiger partial charge is 0.159 e. The van der Waals surface area contributed by atoms with E-state index in [1.807, 2.05) is 6.07 Å². The van der Waals surface area contributed by atoms with Gasteiger partial charge in [-0.3, -0.25) is 0 Å². The molecule has 4 heteroatoms. The Hall–Kier alpha value is -1.81. The second-order valence-electron chi connectivity index (χ2n) is 4.84. The second kappa shape index (κ2) is 4.70. The summed E-state index contributed by atoms with van der Waals surface area (Å²) in [5.41, 5.74) is 4.70. The number of fused-ring (bicyclic) bond motifs is 1. The summed E-state index contributed by atoms with van der Waals surface area (Å²) in [5, 5.41) is 3.29. The molecule has 1 aliphatic rings. The molecule has 1 aliphatic heterocycles. The number of halogens is 1. The van der Waals surface area contributed by atoms with Crippen molar-refractivity contribution in [1.29, 1.82) is 0 Å². The first-order chi connectivity index (χ1) is 9.19. The van der Waals surface area contributed by atoms with Gasteiger partial charge in [-0.2, -0.15) is 0 Å². The summed E-state index contributed by atoms with van der Waals surface area (Å²) in [6, 6.07) is 5.16. The number of benzene rings is 1. The van der Waals surface area contributed by atoms with E-state index in [0.717, 1.165) is 36.5 Å². The highest BCUT2D eigenvalue weighted by Crippen LogP contribution is 2.24. The SMILES string of the molecule is CCc1nc(-c2ccc(C)c(F)c2)nc2c1CNC2. The van der Waals surface area contributed by atoms with E-state index < -0.39 is 0 Å². The van der Waals surface area contributed by atoms with Crippen molar-refractivity contribution < 1.29 is 4.39 Å². The average Bonchev–Trinajstić information content (AvgIpc) is 2.89. The summed E-state index contributed by atoms with van der Waals surface area (Å²) in [6.45, 7) is 5.44. The fourth-order valence-corrected chi connectivity index (χ4v) is 2.39. The predicted molar refractivity (Wildman–Crippen MR) is 72.1 cm³/mol. The lowest BCUT2D eigenvalue weighted by atomic mass is 10.1. The van der Waals surface area contributed by atoms with Gasteiger partial charge >= 0.3 is 0 Å². The van der Waals surface area contributed by atoms with Crippen molar-refractivity contribution in [3.8, 4) is 11.4 Å². The normalized spacial score (nSPS) is 13.6. The summed E-state index contributed by atoms with van der Waals surface area (Å²) < 4.78 is 13.7. The lowest BCUT2D eigenvalue weighted by molar-refractivity contribution is 0.619. The number of aryl methyl sites for hydroxylation is 2. The molecule has 1 aromatic heterocycles. The fourth-order valence-electron chi connectivity index (χ4n) is 2.39. The van der Waals surface area contributed by atoms with Crippen molar-refractivity contribution in [2.45, 2.75) is 33.4 Å². The number of hydrogen-bond acceptors (Lipinski definition) is 3. The maximum Gasteiger partial charge on any atom is 0.159 e. The van der Waals surface area contributed by atoms with Crippen LogP contribution in [0.3, 0.4) is 0 Å². The summed E-state index contributed by atoms with van der Waals surface area (Å²) in [4.78, 5) is 9.15. The van der Waals surface area contributed by atoms with E-state index >= 15 is 0 Å². The van der Waals surface area contributed by atoms with E-state index in [0.29, 0.717) is 11.4 Å². The quantitative estimate of drug-likeness (QED) is 0.899. The zero-order chi connectivity index (χ0) is 13.4. The van der Waals surface area contributed by atoms with Gasteiger partial charge in [0.15, 0.2) is 5.82 Å². The van der Waals surface area contributed by atoms with Crippen molar-refractivity contribution >= 4 is 0 Å². The maximum atomic E-state index is 13.7. The first kappa shape index (κ1) is 12.2. The Labute approximate surface area is 111 Å². The first-order valence-corrected chi connectivity index (χ1v) is 6.55. The molecular formula is C15H16FN3. The summed E-state index contributed by atoms with van der Waals surface area (Å²) in [6.07, 6.45) is 0.869. The van der Waals surface area contributed by atoms with Gasteiger partial charge in [-0.25, -0.2) is 14.4 Å². The molecule has 98 valence electrons. The van der Waals surface area contributed by atoms with Gasteiger partial charge in [-0.1, -0.05) is 19.1 Å². The minimum absolute atomic E-state index is 0.210. The largest absolute Gasteiger partial charge is 0.307 e. The third-order valence-electron chi connectivity index (χ3n) is 3.54. The second-order valence-corrected chi connectivity index (χ2v) is 4.84. The van der Waals surface area contributed by atoms with Gasteiger partial charge in [-0.05, 0) is 25.0 Å². The molecule has 0 saturated carbocycles. The molecule has 1 aromatic carbocycles. The van der Waals surface area contributed by atoms with Gasteiger partial charge in [-0.15, -0.1) is 0 Å². The lowest BCUT2D eigenvalue weighted by Crippen LogP contribution is -2.03. The molecule has 0 radical (unpaired) electrons. The minimum atomic E-state index is -0.210. The highest BCUT2D eigenvalue weighted by Gasteiger charge is 2.18. The Morgan fingerprint density at radius 1 is 1.26 bits per heavy atom. The van der Waals surface area contributed by atoms with Crippen LogP contribution in [0.25, 0.3) is 11.4 Å². The zero-order valence-electron chi connectivity index (χ0n) is 11.1. The van der Waals surface area contributed by atoms with Crippen molar-refractivity contribution in [3.63, 3.8) is 0 Å². The molecule has 0 bridgehead atoms. The van der Waals surface area contributed by atoms with E-state index in [4.69, 9.17) is 0 Å². The van der Waals surface area contributed by atoms with Crippen LogP contribution in [0.5, 0.6) is 0 Å². The van der Waals surface area contributed by atoms with E-state index in [1.165, 1.54) is 11.6 Å². The highest BCUT2D eigenvalue weighted by molar-refractivity contribution is 5.57. The molecule has 0 spiro atoms. The Kier molecular flexibility index (Phi) is 3.03. The number of nitrogens with one attached hydrogen (secondary N) is 1. The van der Waals surface area contributed by atoms with Crippen molar-refractivity contribution in [3.05, 3.63) is 46.5 Å². The highest BCUT2D eigenvalue weighted by atomic mass is 19.1. The predicted octanol–water partition coefficient (Wildman–Crippen LogP) is 2.76. The van der Waals surface area contributed by atoms with E-state index in [2.05, 4.69) is 22.2 Å². The molecule has 1 N–H and O–H groups in total. The number of hydrogen-bond donors (Lipinski definition) is 1. The Balaban J connectivity index is 2.12. The van der Waals surface area contributed by atoms with E-state index in [1.54, 1.807) is 13.0 Å². The van der Waals surface area contributed by atoms with Gasteiger partial charge in [0.2, 0.25) is 0 Å². The van der Waals surface area contributed by atoms with Crippen molar-refractivity contribution in [2.24, 2.45) is 0 Å². The Morgan fingerprint density at radius 2 is 2.11 bits per heavy atom. The molecule has 0 amide bonds. The van der Waals surface area contributed by atoms with Gasteiger partial charge in [0.1, 0.15) is 5.82 Å². The molecule has 0 saturated heterocycles. The average molecular weight is 257 g/mol. The molecular weight excluding hydrogens is 241 g/mol. The Bertz CT molecular complexity index is 638. The van der Waals surface area contributed by atoms with Crippen molar-refractivity contribution in [1.82, 2.24) is 15.3 Å². The van der Waals surface area contributed by atoms with Gasteiger partial charge in [0.05, 0.1) is 5.69 Å². The van der Waals surface area contributed by atoms with Gasteiger partial charge in [0.25, 0.3) is 0 Å². The molecule has 3 rings (SSSR count). The summed E-state index contributed by atoms with van der Waals surface area (Å²) in [7, 11) is 0. The topological polar surface area (TPSA) is 37.8 Å². The summed E-state index contributed by atoms with van der Waals surface area (Å²) >= 11 is 0. The number of rotatable bonds is 2. The minimum Gasteiger partial charge on any atom is -0.307 e. The van der Waals surface area contributed by atoms with Crippen LogP contribution >= 0.6 is 0 Å². The fraction of sp³-hybridized carbons (Fsp3) is 0.333. The molecule has 0 atom stereocenters. The van der Waals surface area contributed by atoms with Crippen LogP contribution in [0.4, 0.5) is 4.39 Å². The van der Waals surface area contributed by atoms with Crippen LogP contribution in [0, 0.1) is 12.7 Å². The first-order valence-electron chi connectivity index (χ1n) is 6.55. The van der Waals surface area contributed by atoms with Crippen LogP contribution in [-0.2, 0) is 19.5 Å². The van der Waals surface area contributed by atoms with Crippen LogP contribution in [0.2, 0.25) is 0 Å². The molecule has 2 heterocycles. The standard InChI is InChI=1S/C15H16FN3/c1-3-13-11-7-17-8-14(11)19-15(18-13)10-5-4-9(2)12(16)6-10/h4-6,17H,3,7-8H2,1-2H3. The van der Waals surface area contributed by atoms with Gasteiger partial charge < -0.3 is 5.32 Å². The molecule has 0 unspecified atom stereocenters. The molecule has 2 aromatic rings. The monoisotopic (exact) mass is 257 g/mol. The number of nitrogens with zero attached hydrogens (tertiary/aromatic N) is 2. The van der Waals surface area contributed by atoms with Crippen LogP contribution in [-0.4, -0.2) is 9.97 Å². The molecule has 0 fully saturated rings. The molecule has 0 aliphatic carbocycles. The maximum absolute atomic E-state index is 13.7. The molecule has 19 heavy (non-hydrogen) atoms. The van der Waals surface area contributed by atoms with Gasteiger partial charge in [0, 0.05) is 29.9 Å². The van der Waals surface area contributed by atoms with E-state index in [9.17, 15) is 4.39 Å². The zero-order valence-corrected chi connectivity index (χ0v) is 11.1. The molecule has 3 nitrogen and oxygen atoms in total. The third kappa shape index (κ3) is 2.12. The van der Waals surface area contributed by atoms with E-state index in [-0.39, 0.29) is 5.82 Å². The van der Waals surface area contributed by atoms with Crippen LogP contribution in [0.15, 0.2) is 18.2 Å². The number of aromatic nitrogens is 2. The third-order valence-corrected chi connectivity index (χ3v) is 3.54. The van der Waals surface area contributed by atoms with Crippen LogP contribution < -0.4 is 5.32 Å².